The van der Waals surface area contributed by atoms with Crippen molar-refractivity contribution in [3.63, 3.8) is 0 Å². The Morgan fingerprint density at radius 2 is 1.81 bits per heavy atom. The average molecular weight is 287 g/mol. The number of carbonyl (C=O) groups is 2. The molecule has 4 nitrogen and oxygen atoms in total. The van der Waals surface area contributed by atoms with Gasteiger partial charge in [-0.2, -0.15) is 0 Å². The second-order valence-electron chi connectivity index (χ2n) is 6.30. The predicted molar refractivity (Wildman–Crippen MR) is 79.0 cm³/mol. The molecular weight excluding hydrogens is 266 g/mol. The number of carboxylic acid groups (broad SMARTS) is 1. The van der Waals surface area contributed by atoms with Crippen LogP contribution in [0.25, 0.3) is 0 Å². The maximum absolute atomic E-state index is 12.9. The second-order valence-corrected chi connectivity index (χ2v) is 6.30. The van der Waals surface area contributed by atoms with Crippen LogP contribution < -0.4 is 0 Å². The van der Waals surface area contributed by atoms with Crippen LogP contribution in [0.5, 0.6) is 0 Å². The number of aliphatic carboxylic acids is 1. The first-order valence-electron chi connectivity index (χ1n) is 7.63. The van der Waals surface area contributed by atoms with Crippen LogP contribution in [0.1, 0.15) is 36.8 Å². The molecule has 4 heteroatoms. The Labute approximate surface area is 124 Å². The Bertz CT molecular complexity index is 569. The minimum absolute atomic E-state index is 0.195. The van der Waals surface area contributed by atoms with E-state index in [9.17, 15) is 9.59 Å². The molecule has 0 spiro atoms. The van der Waals surface area contributed by atoms with E-state index in [-0.39, 0.29) is 17.2 Å². The summed E-state index contributed by atoms with van der Waals surface area (Å²) >= 11 is 0. The lowest BCUT2D eigenvalue weighted by Crippen LogP contribution is -2.45. The Morgan fingerprint density at radius 3 is 2.33 bits per heavy atom. The molecule has 0 bridgehead atoms. The fraction of sp³-hybridized carbons (Fsp3) is 0.529. The molecule has 2 fully saturated rings. The van der Waals surface area contributed by atoms with Crippen molar-refractivity contribution in [2.75, 3.05) is 13.1 Å². The molecule has 112 valence electrons. The topological polar surface area (TPSA) is 57.6 Å². The highest BCUT2D eigenvalue weighted by Crippen LogP contribution is 2.51. The van der Waals surface area contributed by atoms with E-state index in [2.05, 4.69) is 19.1 Å². The molecule has 1 N–H and O–H groups in total. The van der Waals surface area contributed by atoms with Gasteiger partial charge in [-0.15, -0.1) is 0 Å². The number of hydrogen-bond acceptors (Lipinski definition) is 2. The number of nitrogens with zero attached hydrogens (tertiary/aromatic N) is 1. The molecule has 1 aromatic rings. The van der Waals surface area contributed by atoms with Crippen molar-refractivity contribution in [2.45, 2.75) is 38.0 Å². The van der Waals surface area contributed by atoms with Gasteiger partial charge in [-0.3, -0.25) is 9.59 Å². The summed E-state index contributed by atoms with van der Waals surface area (Å²) in [4.78, 5) is 25.8. The van der Waals surface area contributed by atoms with E-state index in [0.717, 1.165) is 18.4 Å². The maximum atomic E-state index is 12.9. The van der Waals surface area contributed by atoms with Gasteiger partial charge in [-0.25, -0.2) is 0 Å². The summed E-state index contributed by atoms with van der Waals surface area (Å²) < 4.78 is 0. The Balaban J connectivity index is 1.75. The molecule has 1 aromatic carbocycles. The van der Waals surface area contributed by atoms with Gasteiger partial charge >= 0.3 is 5.97 Å². The van der Waals surface area contributed by atoms with Gasteiger partial charge in [0.05, 0.1) is 11.3 Å². The lowest BCUT2D eigenvalue weighted by atomic mass is 9.89. The number of aryl methyl sites for hydroxylation is 1. The lowest BCUT2D eigenvalue weighted by molar-refractivity contribution is -0.146. The van der Waals surface area contributed by atoms with E-state index in [0.29, 0.717) is 25.9 Å². The SMILES string of the molecule is Cc1ccccc1C1(C(=O)N2CCC(C(=O)O)CC2)CC1. The van der Waals surface area contributed by atoms with E-state index < -0.39 is 5.97 Å². The molecule has 0 aromatic heterocycles. The zero-order valence-corrected chi connectivity index (χ0v) is 12.3. The average Bonchev–Trinajstić information content (AvgIpc) is 3.28. The normalized spacial score (nSPS) is 21.1. The number of benzene rings is 1. The fourth-order valence-electron chi connectivity index (χ4n) is 3.47. The number of likely N-dealkylation sites (tertiary alicyclic amines) is 1. The molecule has 0 radical (unpaired) electrons. The molecule has 0 atom stereocenters. The van der Waals surface area contributed by atoms with Gasteiger partial charge in [0.2, 0.25) is 5.91 Å². The fourth-order valence-corrected chi connectivity index (χ4v) is 3.47. The van der Waals surface area contributed by atoms with Crippen LogP contribution in [-0.2, 0) is 15.0 Å². The molecule has 1 aliphatic carbocycles. The first-order chi connectivity index (χ1) is 10.0. The summed E-state index contributed by atoms with van der Waals surface area (Å²) in [6.07, 6.45) is 2.97. The third-order valence-electron chi connectivity index (χ3n) is 4.95. The van der Waals surface area contributed by atoms with Crippen LogP contribution in [0.2, 0.25) is 0 Å². The second kappa shape index (κ2) is 5.17. The summed E-state index contributed by atoms with van der Waals surface area (Å²) in [5, 5.41) is 9.05. The summed E-state index contributed by atoms with van der Waals surface area (Å²) in [7, 11) is 0. The Hall–Kier alpha value is -1.84. The van der Waals surface area contributed by atoms with Crippen LogP contribution in [0, 0.1) is 12.8 Å². The maximum Gasteiger partial charge on any atom is 0.306 e. The molecule has 1 aliphatic heterocycles. The van der Waals surface area contributed by atoms with E-state index >= 15 is 0 Å². The third kappa shape index (κ3) is 2.43. The monoisotopic (exact) mass is 287 g/mol. The zero-order chi connectivity index (χ0) is 15.0. The van der Waals surface area contributed by atoms with Crippen molar-refractivity contribution < 1.29 is 14.7 Å². The number of carbonyl (C=O) groups excluding carboxylic acids is 1. The number of piperidine rings is 1. The molecule has 1 amide bonds. The van der Waals surface area contributed by atoms with Gasteiger partial charge in [0, 0.05) is 13.1 Å². The summed E-state index contributed by atoms with van der Waals surface area (Å²) in [6.45, 7) is 3.20. The first-order valence-corrected chi connectivity index (χ1v) is 7.63. The quantitative estimate of drug-likeness (QED) is 0.928. The number of amides is 1. The molecule has 21 heavy (non-hydrogen) atoms. The third-order valence-corrected chi connectivity index (χ3v) is 4.95. The van der Waals surface area contributed by atoms with Gasteiger partial charge in [0.1, 0.15) is 0 Å². The summed E-state index contributed by atoms with van der Waals surface area (Å²) in [6, 6.07) is 8.10. The van der Waals surface area contributed by atoms with Gasteiger partial charge in [0.15, 0.2) is 0 Å². The van der Waals surface area contributed by atoms with Crippen molar-refractivity contribution in [3.05, 3.63) is 35.4 Å². The first kappa shape index (κ1) is 14.1. The largest absolute Gasteiger partial charge is 0.481 e. The highest BCUT2D eigenvalue weighted by atomic mass is 16.4. The van der Waals surface area contributed by atoms with Crippen LogP contribution in [-0.4, -0.2) is 35.0 Å². The molecule has 1 saturated carbocycles. The van der Waals surface area contributed by atoms with E-state index in [1.54, 1.807) is 0 Å². The molecule has 2 aliphatic rings. The van der Waals surface area contributed by atoms with Crippen LogP contribution in [0.4, 0.5) is 0 Å². The zero-order valence-electron chi connectivity index (χ0n) is 12.3. The number of hydrogen-bond donors (Lipinski definition) is 1. The smallest absolute Gasteiger partial charge is 0.306 e. The van der Waals surface area contributed by atoms with Crippen molar-refractivity contribution in [1.29, 1.82) is 0 Å². The Kier molecular flexibility index (Phi) is 3.47. The van der Waals surface area contributed by atoms with Crippen LogP contribution >= 0.6 is 0 Å². The molecule has 3 rings (SSSR count). The predicted octanol–water partition coefficient (Wildman–Crippen LogP) is 2.35. The van der Waals surface area contributed by atoms with E-state index in [1.807, 2.05) is 17.0 Å². The van der Waals surface area contributed by atoms with Gasteiger partial charge in [-0.05, 0) is 43.7 Å². The standard InChI is InChI=1S/C17H21NO3/c1-12-4-2-3-5-14(12)17(8-9-17)16(21)18-10-6-13(7-11-18)15(19)20/h2-5,13H,6-11H2,1H3,(H,19,20). The molecule has 0 unspecified atom stereocenters. The van der Waals surface area contributed by atoms with Crippen LogP contribution in [0.15, 0.2) is 24.3 Å². The van der Waals surface area contributed by atoms with Gasteiger partial charge in [-0.1, -0.05) is 24.3 Å². The molecule has 1 saturated heterocycles. The minimum atomic E-state index is -0.734. The van der Waals surface area contributed by atoms with Crippen molar-refractivity contribution in [2.24, 2.45) is 5.92 Å². The van der Waals surface area contributed by atoms with Gasteiger partial charge < -0.3 is 10.0 Å². The van der Waals surface area contributed by atoms with Crippen LogP contribution in [0.3, 0.4) is 0 Å². The molecular formula is C17H21NO3. The highest BCUT2D eigenvalue weighted by Gasteiger charge is 2.53. The van der Waals surface area contributed by atoms with Crippen molar-refractivity contribution in [3.8, 4) is 0 Å². The highest BCUT2D eigenvalue weighted by molar-refractivity contribution is 5.92. The van der Waals surface area contributed by atoms with Crippen molar-refractivity contribution >= 4 is 11.9 Å². The lowest BCUT2D eigenvalue weighted by Gasteiger charge is -2.33. The minimum Gasteiger partial charge on any atom is -0.481 e. The number of carboxylic acids is 1. The van der Waals surface area contributed by atoms with E-state index in [4.69, 9.17) is 5.11 Å². The van der Waals surface area contributed by atoms with E-state index in [1.165, 1.54) is 5.56 Å². The number of rotatable bonds is 3. The molecule has 1 heterocycles. The summed E-state index contributed by atoms with van der Waals surface area (Å²) in [5.41, 5.74) is 1.99. The Morgan fingerprint density at radius 1 is 1.19 bits per heavy atom. The summed E-state index contributed by atoms with van der Waals surface area (Å²) in [5.74, 6) is -0.828. The van der Waals surface area contributed by atoms with Gasteiger partial charge in [0.25, 0.3) is 0 Å². The van der Waals surface area contributed by atoms with Crippen molar-refractivity contribution in [1.82, 2.24) is 4.90 Å².